The maximum absolute atomic E-state index is 13.3. The third kappa shape index (κ3) is 7.29. The first-order valence-electron chi connectivity index (χ1n) is 13.7. The van der Waals surface area contributed by atoms with Crippen molar-refractivity contribution in [2.75, 3.05) is 20.8 Å². The van der Waals surface area contributed by atoms with Gasteiger partial charge < -0.3 is 14.8 Å². The minimum atomic E-state index is 0.00336. The van der Waals surface area contributed by atoms with Gasteiger partial charge in [0.25, 0.3) is 5.56 Å². The van der Waals surface area contributed by atoms with Gasteiger partial charge in [-0.15, -0.1) is 22.7 Å². The Bertz CT molecular complexity index is 1750. The van der Waals surface area contributed by atoms with Crippen LogP contribution in [0.4, 0.5) is 0 Å². The molecule has 0 spiro atoms. The van der Waals surface area contributed by atoms with E-state index in [1.807, 2.05) is 47.8 Å². The lowest BCUT2D eigenvalue weighted by Crippen LogP contribution is -2.25. The Morgan fingerprint density at radius 1 is 1.05 bits per heavy atom. The summed E-state index contributed by atoms with van der Waals surface area (Å²) in [6.45, 7) is 1.13. The summed E-state index contributed by atoms with van der Waals surface area (Å²) in [4.78, 5) is 30.6. The molecule has 0 atom stereocenters. The molecule has 3 aromatic heterocycles. The highest BCUT2D eigenvalue weighted by Crippen LogP contribution is 2.33. The molecule has 11 heteroatoms. The Kier molecular flexibility index (Phi) is 10.4. The number of nitrogens with zero attached hydrogens (tertiary/aromatic N) is 2. The van der Waals surface area contributed by atoms with E-state index in [0.29, 0.717) is 52.9 Å². The molecule has 2 aromatic carbocycles. The molecule has 0 saturated carbocycles. The summed E-state index contributed by atoms with van der Waals surface area (Å²) in [7, 11) is 3.22. The minimum absolute atomic E-state index is 0.00336. The lowest BCUT2D eigenvalue weighted by Gasteiger charge is -2.12. The summed E-state index contributed by atoms with van der Waals surface area (Å²) in [6.07, 6.45) is 3.56. The zero-order valence-electron chi connectivity index (χ0n) is 23.5. The zero-order chi connectivity index (χ0) is 29.5. The number of hydrogen-bond donors (Lipinski definition) is 1. The topological polar surface area (TPSA) is 82.5 Å². The van der Waals surface area contributed by atoms with E-state index in [9.17, 15) is 9.59 Å². The van der Waals surface area contributed by atoms with Crippen molar-refractivity contribution in [2.24, 2.45) is 0 Å². The molecule has 0 aliphatic carbocycles. The molecule has 1 amide bonds. The van der Waals surface area contributed by atoms with Crippen LogP contribution in [0.15, 0.2) is 63.2 Å². The summed E-state index contributed by atoms with van der Waals surface area (Å²) in [5, 5.41) is 9.65. The van der Waals surface area contributed by atoms with E-state index < -0.39 is 0 Å². The van der Waals surface area contributed by atoms with Crippen LogP contribution in [0.1, 0.15) is 36.8 Å². The molecular formula is C31H32ClN3O4S3. The molecule has 0 saturated heterocycles. The number of hydrogen-bond acceptors (Lipinski definition) is 8. The number of aromatic nitrogens is 2. The number of fused-ring (bicyclic) bond motifs is 2. The van der Waals surface area contributed by atoms with Crippen LogP contribution in [0.2, 0.25) is 5.02 Å². The van der Waals surface area contributed by atoms with E-state index in [2.05, 4.69) is 10.7 Å². The zero-order valence-corrected chi connectivity index (χ0v) is 26.7. The number of methoxy groups -OCH3 is 2. The van der Waals surface area contributed by atoms with Gasteiger partial charge in [0, 0.05) is 35.0 Å². The summed E-state index contributed by atoms with van der Waals surface area (Å²) < 4.78 is 14.3. The fourth-order valence-corrected chi connectivity index (χ4v) is 7.76. The number of amides is 1. The van der Waals surface area contributed by atoms with E-state index in [1.54, 1.807) is 41.9 Å². The fraction of sp³-hybridized carbons (Fsp3) is 0.323. The quantitative estimate of drug-likeness (QED) is 0.0766. The first-order chi connectivity index (χ1) is 20.5. The lowest BCUT2D eigenvalue weighted by atomic mass is 10.1. The summed E-state index contributed by atoms with van der Waals surface area (Å²) in [5.41, 5.74) is 3.00. The SMILES string of the molecule is COc1ccc(CCNC(=O)CCCCCn2c(SCc3csc4ccc(Cl)cc34)nc3ccsc3c2=O)cc1OC. The normalized spacial score (nSPS) is 11.3. The lowest BCUT2D eigenvalue weighted by molar-refractivity contribution is -0.121. The Hall–Kier alpha value is -3.05. The second kappa shape index (κ2) is 14.4. The Labute approximate surface area is 261 Å². The molecule has 42 heavy (non-hydrogen) atoms. The van der Waals surface area contributed by atoms with E-state index in [0.717, 1.165) is 40.9 Å². The van der Waals surface area contributed by atoms with Crippen LogP contribution in [0.25, 0.3) is 20.3 Å². The van der Waals surface area contributed by atoms with Gasteiger partial charge in [-0.05, 0) is 82.9 Å². The van der Waals surface area contributed by atoms with Crippen molar-refractivity contribution in [1.29, 1.82) is 0 Å². The predicted octanol–water partition coefficient (Wildman–Crippen LogP) is 7.55. The van der Waals surface area contributed by atoms with Gasteiger partial charge in [-0.1, -0.05) is 35.9 Å². The second-order valence-corrected chi connectivity index (χ2v) is 13.0. The van der Waals surface area contributed by atoms with E-state index in [4.69, 9.17) is 26.1 Å². The van der Waals surface area contributed by atoms with E-state index in [-0.39, 0.29) is 11.5 Å². The number of carbonyl (C=O) groups is 1. The molecule has 5 aromatic rings. The smallest absolute Gasteiger partial charge is 0.272 e. The number of nitrogens with one attached hydrogen (secondary N) is 1. The van der Waals surface area contributed by atoms with Gasteiger partial charge in [0.05, 0.1) is 19.7 Å². The van der Waals surface area contributed by atoms with Gasteiger partial charge >= 0.3 is 0 Å². The van der Waals surface area contributed by atoms with Crippen LogP contribution in [-0.4, -0.2) is 36.2 Å². The molecule has 0 aliphatic rings. The van der Waals surface area contributed by atoms with Gasteiger partial charge in [-0.2, -0.15) is 0 Å². The number of unbranched alkanes of at least 4 members (excludes halogenated alkanes) is 2. The molecule has 0 bridgehead atoms. The highest BCUT2D eigenvalue weighted by Gasteiger charge is 2.14. The standard InChI is InChI=1S/C31H32ClN3O4S3/c1-38-25-9-7-20(16-26(25)39-2)11-13-33-28(36)6-4-3-5-14-35-30(37)29-24(12-15-40-29)34-31(35)42-19-21-18-41-27-10-8-22(32)17-23(21)27/h7-10,12,15-18H,3-6,11,13-14,19H2,1-2H3,(H,33,36). The van der Waals surface area contributed by atoms with E-state index in [1.165, 1.54) is 21.6 Å². The van der Waals surface area contributed by atoms with E-state index >= 15 is 0 Å². The molecule has 7 nitrogen and oxygen atoms in total. The number of thiophene rings is 2. The van der Waals surface area contributed by atoms with Crippen LogP contribution >= 0.6 is 46.0 Å². The van der Waals surface area contributed by atoms with Crippen molar-refractivity contribution in [3.63, 3.8) is 0 Å². The molecule has 0 radical (unpaired) electrons. The molecule has 1 N–H and O–H groups in total. The molecule has 5 rings (SSSR count). The van der Waals surface area contributed by atoms with Crippen LogP contribution in [0, 0.1) is 0 Å². The van der Waals surface area contributed by atoms with Crippen molar-refractivity contribution in [3.8, 4) is 11.5 Å². The number of rotatable bonds is 14. The molecule has 0 aliphatic heterocycles. The van der Waals surface area contributed by atoms with Crippen molar-refractivity contribution < 1.29 is 14.3 Å². The third-order valence-electron chi connectivity index (χ3n) is 6.97. The van der Waals surface area contributed by atoms with Crippen LogP contribution in [0.5, 0.6) is 11.5 Å². The molecule has 0 fully saturated rings. The monoisotopic (exact) mass is 641 g/mol. The third-order valence-corrected chi connectivity index (χ3v) is 10.1. The number of thioether (sulfide) groups is 1. The minimum Gasteiger partial charge on any atom is -0.493 e. The summed E-state index contributed by atoms with van der Waals surface area (Å²) >= 11 is 10.9. The number of carbonyl (C=O) groups excluding carboxylic acids is 1. The van der Waals surface area contributed by atoms with Gasteiger partial charge in [0.1, 0.15) is 4.70 Å². The highest BCUT2D eigenvalue weighted by atomic mass is 35.5. The number of ether oxygens (including phenoxy) is 2. The molecule has 220 valence electrons. The van der Waals surface area contributed by atoms with Crippen molar-refractivity contribution >= 4 is 72.2 Å². The van der Waals surface area contributed by atoms with Gasteiger partial charge in [-0.3, -0.25) is 14.2 Å². The van der Waals surface area contributed by atoms with Crippen molar-refractivity contribution in [2.45, 2.75) is 49.6 Å². The largest absolute Gasteiger partial charge is 0.493 e. The number of benzene rings is 2. The molecular weight excluding hydrogens is 610 g/mol. The van der Waals surface area contributed by atoms with Crippen molar-refractivity contribution in [3.05, 3.63) is 79.7 Å². The van der Waals surface area contributed by atoms with Crippen molar-refractivity contribution in [1.82, 2.24) is 14.9 Å². The van der Waals surface area contributed by atoms with Gasteiger partial charge in [0.2, 0.25) is 5.91 Å². The first kappa shape index (κ1) is 30.4. The summed E-state index contributed by atoms with van der Waals surface area (Å²) in [6, 6.07) is 13.6. The Morgan fingerprint density at radius 2 is 1.90 bits per heavy atom. The summed E-state index contributed by atoms with van der Waals surface area (Å²) in [5.74, 6) is 2.10. The Balaban J connectivity index is 1.12. The highest BCUT2D eigenvalue weighted by molar-refractivity contribution is 7.98. The van der Waals surface area contributed by atoms with Crippen LogP contribution < -0.4 is 20.3 Å². The molecule has 0 unspecified atom stereocenters. The average Bonchev–Trinajstić information content (AvgIpc) is 3.63. The van der Waals surface area contributed by atoms with Gasteiger partial charge in [-0.25, -0.2) is 4.98 Å². The maximum Gasteiger partial charge on any atom is 0.272 e. The Morgan fingerprint density at radius 3 is 2.74 bits per heavy atom. The first-order valence-corrected chi connectivity index (χ1v) is 16.8. The number of halogens is 1. The fourth-order valence-electron chi connectivity index (χ4n) is 4.74. The molecule has 3 heterocycles. The average molecular weight is 642 g/mol. The predicted molar refractivity (Wildman–Crippen MR) is 175 cm³/mol. The second-order valence-electron chi connectivity index (χ2n) is 9.78. The van der Waals surface area contributed by atoms with Crippen LogP contribution in [-0.2, 0) is 23.5 Å². The maximum atomic E-state index is 13.3. The van der Waals surface area contributed by atoms with Gasteiger partial charge in [0.15, 0.2) is 16.7 Å². The van der Waals surface area contributed by atoms with Crippen LogP contribution in [0.3, 0.4) is 0 Å².